The van der Waals surface area contributed by atoms with E-state index in [9.17, 15) is 0 Å². The van der Waals surface area contributed by atoms with E-state index < -0.39 is 0 Å². The van der Waals surface area contributed by atoms with Crippen molar-refractivity contribution in [3.8, 4) is 0 Å². The average Bonchev–Trinajstić information content (AvgIpc) is 2.06. The quantitative estimate of drug-likeness (QED) is 0.580. The van der Waals surface area contributed by atoms with Crippen molar-refractivity contribution < 1.29 is 0 Å². The van der Waals surface area contributed by atoms with Gasteiger partial charge < -0.3 is 0 Å². The smallest absolute Gasteiger partial charge is 0.130 e. The van der Waals surface area contributed by atoms with Gasteiger partial charge >= 0.3 is 0 Å². The molecule has 0 amide bonds. The predicted octanol–water partition coefficient (Wildman–Crippen LogP) is 2.10. The van der Waals surface area contributed by atoms with Crippen molar-refractivity contribution in [3.63, 3.8) is 0 Å². The minimum absolute atomic E-state index is 0.693. The molecule has 1 aliphatic rings. The summed E-state index contributed by atoms with van der Waals surface area (Å²) in [7, 11) is 0. The number of fused-ring (bicyclic) bond motifs is 1. The molecule has 58 valence electrons. The summed E-state index contributed by atoms with van der Waals surface area (Å²) < 4.78 is 0. The molecule has 0 N–H and O–H groups in total. The molecule has 4 nitrogen and oxygen atoms in total. The monoisotopic (exact) mass is 158 g/mol. The topological polar surface area (TPSA) is 50.5 Å². The Morgan fingerprint density at radius 2 is 2.17 bits per heavy atom. The molecule has 0 radical (unpaired) electrons. The summed E-state index contributed by atoms with van der Waals surface area (Å²) >= 11 is 0. The second-order valence-electron chi connectivity index (χ2n) is 2.21. The summed E-state index contributed by atoms with van der Waals surface area (Å²) in [5.74, 6) is 0. The Morgan fingerprint density at radius 1 is 1.17 bits per heavy atom. The SMILES string of the molecule is C1=C\N=Nc2cncnc2\C=C/1. The summed E-state index contributed by atoms with van der Waals surface area (Å²) in [5.41, 5.74) is 1.48. The van der Waals surface area contributed by atoms with Crippen molar-refractivity contribution in [2.45, 2.75) is 0 Å². The van der Waals surface area contributed by atoms with Crippen molar-refractivity contribution in [3.05, 3.63) is 36.6 Å². The highest BCUT2D eigenvalue weighted by Gasteiger charge is 1.98. The third-order valence-electron chi connectivity index (χ3n) is 1.41. The van der Waals surface area contributed by atoms with Crippen LogP contribution in [0.4, 0.5) is 5.69 Å². The number of rotatable bonds is 0. The fourth-order valence-corrected chi connectivity index (χ4v) is 0.868. The van der Waals surface area contributed by atoms with Gasteiger partial charge in [-0.15, -0.1) is 5.11 Å². The zero-order valence-electron chi connectivity index (χ0n) is 6.25. The largest absolute Gasteiger partial charge is 0.242 e. The molecular weight excluding hydrogens is 152 g/mol. The van der Waals surface area contributed by atoms with Gasteiger partial charge in [-0.25, -0.2) is 9.97 Å². The summed E-state index contributed by atoms with van der Waals surface area (Å²) in [6, 6.07) is 0. The van der Waals surface area contributed by atoms with Crippen molar-refractivity contribution >= 4 is 11.8 Å². The highest BCUT2D eigenvalue weighted by atomic mass is 15.1. The molecule has 0 saturated heterocycles. The molecule has 0 spiro atoms. The number of hydrogen-bond donors (Lipinski definition) is 0. The van der Waals surface area contributed by atoms with Crippen LogP contribution in [0.3, 0.4) is 0 Å². The third kappa shape index (κ3) is 1.27. The normalized spacial score (nSPS) is 19.0. The van der Waals surface area contributed by atoms with Crippen LogP contribution in [0.15, 0.2) is 41.1 Å². The Labute approximate surface area is 69.4 Å². The first-order valence-corrected chi connectivity index (χ1v) is 3.51. The number of allylic oxidation sites excluding steroid dienone is 2. The molecule has 0 bridgehead atoms. The standard InChI is InChI=1S/C8H6N4/c1-2-4-11-12-8-5-9-6-10-7(8)3-1/h1-6H/b2-1?,3-1-,4-2-,7-3?,11-4?,12-8?,12-11?. The van der Waals surface area contributed by atoms with Gasteiger partial charge in [-0.2, -0.15) is 5.11 Å². The van der Waals surface area contributed by atoms with Crippen LogP contribution in [0.5, 0.6) is 0 Å². The first kappa shape index (κ1) is 6.84. The molecule has 0 unspecified atom stereocenters. The van der Waals surface area contributed by atoms with E-state index in [0.717, 1.165) is 5.69 Å². The number of aromatic nitrogens is 2. The van der Waals surface area contributed by atoms with Gasteiger partial charge in [-0.05, 0) is 12.2 Å². The lowest BCUT2D eigenvalue weighted by Gasteiger charge is -1.96. The van der Waals surface area contributed by atoms with E-state index in [-0.39, 0.29) is 0 Å². The van der Waals surface area contributed by atoms with Crippen LogP contribution in [-0.2, 0) is 0 Å². The zero-order chi connectivity index (χ0) is 8.23. The van der Waals surface area contributed by atoms with Crippen LogP contribution in [0.1, 0.15) is 5.69 Å². The lowest BCUT2D eigenvalue weighted by Crippen LogP contribution is -1.83. The van der Waals surface area contributed by atoms with Crippen molar-refractivity contribution in [2.75, 3.05) is 0 Å². The molecule has 12 heavy (non-hydrogen) atoms. The van der Waals surface area contributed by atoms with Crippen LogP contribution in [0, 0.1) is 0 Å². The van der Waals surface area contributed by atoms with Crippen LogP contribution in [-0.4, -0.2) is 9.97 Å². The maximum atomic E-state index is 4.04. The maximum absolute atomic E-state index is 4.04. The van der Waals surface area contributed by atoms with Gasteiger partial charge in [0, 0.05) is 6.20 Å². The molecule has 0 aliphatic carbocycles. The molecule has 0 atom stereocenters. The lowest BCUT2D eigenvalue weighted by molar-refractivity contribution is 1.10. The summed E-state index contributed by atoms with van der Waals surface area (Å²) in [6.45, 7) is 0. The predicted molar refractivity (Wildman–Crippen MR) is 44.7 cm³/mol. The van der Waals surface area contributed by atoms with E-state index in [1.165, 1.54) is 6.33 Å². The van der Waals surface area contributed by atoms with Crippen LogP contribution < -0.4 is 0 Å². The molecule has 0 fully saturated rings. The minimum atomic E-state index is 0.693. The highest BCUT2D eigenvalue weighted by Crippen LogP contribution is 2.17. The van der Waals surface area contributed by atoms with Crippen molar-refractivity contribution in [1.82, 2.24) is 9.97 Å². The second-order valence-corrected chi connectivity index (χ2v) is 2.21. The van der Waals surface area contributed by atoms with Gasteiger partial charge in [0.2, 0.25) is 0 Å². The average molecular weight is 158 g/mol. The Balaban J connectivity index is 2.54. The molecule has 0 aromatic carbocycles. The van der Waals surface area contributed by atoms with E-state index >= 15 is 0 Å². The number of azo groups is 1. The first-order chi connectivity index (χ1) is 5.97. The molecule has 1 aromatic heterocycles. The Kier molecular flexibility index (Phi) is 1.74. The Bertz CT molecular complexity index is 330. The molecule has 4 heteroatoms. The summed E-state index contributed by atoms with van der Waals surface area (Å²) in [4.78, 5) is 7.88. The van der Waals surface area contributed by atoms with Gasteiger partial charge in [0.05, 0.1) is 11.9 Å². The Hall–Kier alpha value is -1.84. The molecule has 1 aromatic rings. The van der Waals surface area contributed by atoms with Gasteiger partial charge in [0.15, 0.2) is 0 Å². The van der Waals surface area contributed by atoms with Gasteiger partial charge in [0.1, 0.15) is 12.0 Å². The lowest BCUT2D eigenvalue weighted by atomic mass is 10.3. The summed E-state index contributed by atoms with van der Waals surface area (Å²) in [5, 5.41) is 7.69. The molecular formula is C8H6N4. The highest BCUT2D eigenvalue weighted by molar-refractivity contribution is 5.59. The van der Waals surface area contributed by atoms with E-state index in [2.05, 4.69) is 20.2 Å². The van der Waals surface area contributed by atoms with E-state index in [1.54, 1.807) is 18.5 Å². The third-order valence-corrected chi connectivity index (χ3v) is 1.41. The fourth-order valence-electron chi connectivity index (χ4n) is 0.868. The maximum Gasteiger partial charge on any atom is 0.130 e. The number of hydrogen-bond acceptors (Lipinski definition) is 4. The fraction of sp³-hybridized carbons (Fsp3) is 0. The van der Waals surface area contributed by atoms with Crippen molar-refractivity contribution in [1.29, 1.82) is 0 Å². The molecule has 2 rings (SSSR count). The van der Waals surface area contributed by atoms with E-state index in [0.29, 0.717) is 5.69 Å². The van der Waals surface area contributed by atoms with Crippen LogP contribution in [0.2, 0.25) is 0 Å². The van der Waals surface area contributed by atoms with E-state index in [4.69, 9.17) is 0 Å². The zero-order valence-corrected chi connectivity index (χ0v) is 6.25. The first-order valence-electron chi connectivity index (χ1n) is 3.51. The molecule has 2 heterocycles. The van der Waals surface area contributed by atoms with Gasteiger partial charge in [-0.1, -0.05) is 6.08 Å². The van der Waals surface area contributed by atoms with E-state index in [1.807, 2.05) is 12.2 Å². The number of nitrogens with zero attached hydrogens (tertiary/aromatic N) is 4. The minimum Gasteiger partial charge on any atom is -0.242 e. The van der Waals surface area contributed by atoms with Crippen LogP contribution >= 0.6 is 0 Å². The van der Waals surface area contributed by atoms with Crippen molar-refractivity contribution in [2.24, 2.45) is 10.2 Å². The van der Waals surface area contributed by atoms with Gasteiger partial charge in [0.25, 0.3) is 0 Å². The van der Waals surface area contributed by atoms with Crippen LogP contribution in [0.25, 0.3) is 6.08 Å². The molecule has 1 aliphatic heterocycles. The second kappa shape index (κ2) is 3.04. The molecule has 0 saturated carbocycles. The summed E-state index contributed by atoms with van der Waals surface area (Å²) in [6.07, 6.45) is 10.3. The van der Waals surface area contributed by atoms with Gasteiger partial charge in [-0.3, -0.25) is 0 Å². The Morgan fingerprint density at radius 3 is 3.17 bits per heavy atom.